The van der Waals surface area contributed by atoms with Crippen LogP contribution in [-0.4, -0.2) is 5.16 Å². The summed E-state index contributed by atoms with van der Waals surface area (Å²) in [7, 11) is 0. The lowest BCUT2D eigenvalue weighted by molar-refractivity contribution is 0.433. The van der Waals surface area contributed by atoms with Crippen LogP contribution >= 0.6 is 27.3 Å². The lowest BCUT2D eigenvalue weighted by atomic mass is 10.4. The molecule has 0 N–H and O–H groups in total. The highest BCUT2D eigenvalue weighted by Crippen LogP contribution is 2.29. The second-order valence-electron chi connectivity index (χ2n) is 2.01. The summed E-state index contributed by atoms with van der Waals surface area (Å²) >= 11 is 4.99. The van der Waals surface area contributed by atoms with E-state index in [-0.39, 0.29) is 0 Å². The summed E-state index contributed by atoms with van der Waals surface area (Å²) < 4.78 is 6.05. The van der Waals surface area contributed by atoms with E-state index in [0.29, 0.717) is 0 Å². The number of aromatic nitrogens is 1. The van der Waals surface area contributed by atoms with E-state index < -0.39 is 0 Å². The van der Waals surface area contributed by atoms with Gasteiger partial charge >= 0.3 is 0 Å². The van der Waals surface area contributed by atoms with E-state index in [2.05, 4.69) is 21.1 Å². The average molecular weight is 230 g/mol. The molecule has 0 aliphatic heterocycles. The highest BCUT2D eigenvalue weighted by Gasteiger charge is 2.03. The smallest absolute Gasteiger partial charge is 0.176 e. The fraction of sp³-hybridized carbons (Fsp3) is 0. The van der Waals surface area contributed by atoms with E-state index in [1.54, 1.807) is 17.5 Å². The summed E-state index contributed by atoms with van der Waals surface area (Å²) in [5.74, 6) is 0.820. The first-order chi connectivity index (χ1) is 5.36. The SMILES string of the molecule is Brc1csc(-c2ccno2)c1. The number of halogens is 1. The normalized spacial score (nSPS) is 10.3. The molecule has 0 aromatic carbocycles. The maximum Gasteiger partial charge on any atom is 0.176 e. The number of nitrogens with zero attached hydrogens (tertiary/aromatic N) is 1. The third-order valence-electron chi connectivity index (χ3n) is 1.25. The van der Waals surface area contributed by atoms with Gasteiger partial charge in [0.25, 0.3) is 0 Å². The summed E-state index contributed by atoms with van der Waals surface area (Å²) in [4.78, 5) is 1.09. The van der Waals surface area contributed by atoms with E-state index in [4.69, 9.17) is 4.52 Å². The molecule has 0 unspecified atom stereocenters. The van der Waals surface area contributed by atoms with Gasteiger partial charge in [-0.15, -0.1) is 11.3 Å². The van der Waals surface area contributed by atoms with Crippen LogP contribution < -0.4 is 0 Å². The van der Waals surface area contributed by atoms with Gasteiger partial charge in [-0.1, -0.05) is 5.16 Å². The van der Waals surface area contributed by atoms with Crippen LogP contribution in [0.4, 0.5) is 0 Å². The standard InChI is InChI=1S/C7H4BrNOS/c8-5-3-7(11-4-5)6-1-2-9-10-6/h1-4H. The zero-order chi connectivity index (χ0) is 7.68. The maximum absolute atomic E-state index is 4.97. The molecule has 0 amide bonds. The van der Waals surface area contributed by atoms with E-state index in [9.17, 15) is 0 Å². The molecule has 0 saturated heterocycles. The molecular formula is C7H4BrNOS. The minimum absolute atomic E-state index is 0.820. The molecule has 0 aliphatic rings. The van der Waals surface area contributed by atoms with E-state index in [1.165, 1.54) is 0 Å². The second kappa shape index (κ2) is 2.79. The molecule has 2 aromatic rings. The quantitative estimate of drug-likeness (QED) is 0.751. The molecule has 2 aromatic heterocycles. The van der Waals surface area contributed by atoms with Crippen molar-refractivity contribution >= 4 is 27.3 Å². The molecule has 0 spiro atoms. The minimum Gasteiger partial charge on any atom is -0.355 e. The summed E-state index contributed by atoms with van der Waals surface area (Å²) in [5, 5.41) is 5.64. The number of hydrogen-bond donors (Lipinski definition) is 0. The molecule has 4 heteroatoms. The van der Waals surface area contributed by atoms with Gasteiger partial charge in [-0.3, -0.25) is 0 Å². The Bertz CT molecular complexity index is 341. The van der Waals surface area contributed by atoms with Gasteiger partial charge in [-0.05, 0) is 22.0 Å². The molecule has 0 fully saturated rings. The van der Waals surface area contributed by atoms with Gasteiger partial charge in [0, 0.05) is 15.9 Å². The van der Waals surface area contributed by atoms with Crippen molar-refractivity contribution in [2.24, 2.45) is 0 Å². The monoisotopic (exact) mass is 229 g/mol. The van der Waals surface area contributed by atoms with Crippen LogP contribution in [0.25, 0.3) is 10.6 Å². The lowest BCUT2D eigenvalue weighted by Crippen LogP contribution is -1.60. The molecule has 2 nitrogen and oxygen atoms in total. The largest absolute Gasteiger partial charge is 0.355 e. The van der Waals surface area contributed by atoms with Gasteiger partial charge in [-0.2, -0.15) is 0 Å². The van der Waals surface area contributed by atoms with Crippen LogP contribution in [0.15, 0.2) is 32.7 Å². The van der Waals surface area contributed by atoms with Gasteiger partial charge in [0.2, 0.25) is 0 Å². The Morgan fingerprint density at radius 1 is 1.55 bits per heavy atom. The van der Waals surface area contributed by atoms with Crippen molar-refractivity contribution in [3.05, 3.63) is 28.2 Å². The van der Waals surface area contributed by atoms with Gasteiger partial charge in [0.05, 0.1) is 11.1 Å². The van der Waals surface area contributed by atoms with Crippen LogP contribution in [-0.2, 0) is 0 Å². The highest BCUT2D eigenvalue weighted by molar-refractivity contribution is 9.10. The highest BCUT2D eigenvalue weighted by atomic mass is 79.9. The van der Waals surface area contributed by atoms with Gasteiger partial charge in [0.1, 0.15) is 0 Å². The Morgan fingerprint density at radius 2 is 2.45 bits per heavy atom. The molecule has 2 heterocycles. The topological polar surface area (TPSA) is 26.0 Å². The third kappa shape index (κ3) is 1.36. The molecule has 0 atom stereocenters. The van der Waals surface area contributed by atoms with E-state index in [0.717, 1.165) is 15.1 Å². The Balaban J connectivity index is 2.45. The van der Waals surface area contributed by atoms with Crippen LogP contribution in [0.1, 0.15) is 0 Å². The van der Waals surface area contributed by atoms with E-state index >= 15 is 0 Å². The molecule has 11 heavy (non-hydrogen) atoms. The molecule has 0 bridgehead atoms. The second-order valence-corrected chi connectivity index (χ2v) is 3.83. The zero-order valence-corrected chi connectivity index (χ0v) is 7.85. The van der Waals surface area contributed by atoms with Crippen LogP contribution in [0.5, 0.6) is 0 Å². The molecule has 0 radical (unpaired) electrons. The number of hydrogen-bond acceptors (Lipinski definition) is 3. The van der Waals surface area contributed by atoms with Crippen molar-refractivity contribution in [2.75, 3.05) is 0 Å². The van der Waals surface area contributed by atoms with Crippen LogP contribution in [0, 0.1) is 0 Å². The molecule has 0 saturated carbocycles. The van der Waals surface area contributed by atoms with Crippen molar-refractivity contribution in [1.29, 1.82) is 0 Å². The summed E-state index contributed by atoms with van der Waals surface area (Å²) in [6.45, 7) is 0. The van der Waals surface area contributed by atoms with Crippen LogP contribution in [0.3, 0.4) is 0 Å². The van der Waals surface area contributed by atoms with Crippen LogP contribution in [0.2, 0.25) is 0 Å². The fourth-order valence-electron chi connectivity index (χ4n) is 0.785. The average Bonchev–Trinajstić information content (AvgIpc) is 2.55. The Hall–Kier alpha value is -0.610. The van der Waals surface area contributed by atoms with Crippen molar-refractivity contribution in [3.8, 4) is 10.6 Å². The van der Waals surface area contributed by atoms with E-state index in [1.807, 2.05) is 17.5 Å². The van der Waals surface area contributed by atoms with Gasteiger partial charge in [-0.25, -0.2) is 0 Å². The minimum atomic E-state index is 0.820. The van der Waals surface area contributed by atoms with Crippen molar-refractivity contribution < 1.29 is 4.52 Å². The summed E-state index contributed by atoms with van der Waals surface area (Å²) in [5.41, 5.74) is 0. The first-order valence-corrected chi connectivity index (χ1v) is 4.68. The molecular weight excluding hydrogens is 226 g/mol. The van der Waals surface area contributed by atoms with Gasteiger partial charge < -0.3 is 4.52 Å². The Labute approximate surface area is 76.0 Å². The predicted octanol–water partition coefficient (Wildman–Crippen LogP) is 3.17. The van der Waals surface area contributed by atoms with Crippen molar-refractivity contribution in [1.82, 2.24) is 5.16 Å². The lowest BCUT2D eigenvalue weighted by Gasteiger charge is -1.83. The third-order valence-corrected chi connectivity index (χ3v) is 2.95. The fourth-order valence-corrected chi connectivity index (χ4v) is 2.17. The van der Waals surface area contributed by atoms with Crippen molar-refractivity contribution in [2.45, 2.75) is 0 Å². The summed E-state index contributed by atoms with van der Waals surface area (Å²) in [6, 6.07) is 3.85. The molecule has 56 valence electrons. The first kappa shape index (κ1) is 7.06. The van der Waals surface area contributed by atoms with Crippen molar-refractivity contribution in [3.63, 3.8) is 0 Å². The molecule has 2 rings (SSSR count). The maximum atomic E-state index is 4.97. The predicted molar refractivity (Wildman–Crippen MR) is 47.5 cm³/mol. The molecule has 0 aliphatic carbocycles. The summed E-state index contributed by atoms with van der Waals surface area (Å²) in [6.07, 6.45) is 1.64. The zero-order valence-electron chi connectivity index (χ0n) is 5.45. The number of rotatable bonds is 1. The number of thiophene rings is 1. The Kier molecular flexibility index (Phi) is 1.79. The first-order valence-electron chi connectivity index (χ1n) is 3.01. The Morgan fingerprint density at radius 3 is 3.00 bits per heavy atom. The van der Waals surface area contributed by atoms with Gasteiger partial charge in [0.15, 0.2) is 5.76 Å².